The van der Waals surface area contributed by atoms with Gasteiger partial charge in [0.2, 0.25) is 0 Å². The molecule has 1 saturated heterocycles. The minimum Gasteiger partial charge on any atom is -0.457 e. The topological polar surface area (TPSA) is 115 Å². The fraction of sp³-hybridized carbons (Fsp3) is 0.321. The first kappa shape index (κ1) is 25.7. The number of carbonyl (C=O) groups is 1. The third kappa shape index (κ3) is 5.05. The second-order valence-electron chi connectivity index (χ2n) is 10.3. The lowest BCUT2D eigenvalue weighted by Crippen LogP contribution is -2.54. The number of halogens is 1. The van der Waals surface area contributed by atoms with E-state index >= 15 is 0 Å². The molecule has 40 heavy (non-hydrogen) atoms. The van der Waals surface area contributed by atoms with Crippen molar-refractivity contribution >= 4 is 33.8 Å². The van der Waals surface area contributed by atoms with Gasteiger partial charge in [0.15, 0.2) is 11.5 Å². The average Bonchev–Trinajstić information content (AvgIpc) is 3.50. The van der Waals surface area contributed by atoms with Crippen LogP contribution in [-0.2, 0) is 13.7 Å². The van der Waals surface area contributed by atoms with Crippen LogP contribution in [-0.4, -0.2) is 60.2 Å². The number of rotatable bonds is 6. The van der Waals surface area contributed by atoms with Crippen molar-refractivity contribution in [3.05, 3.63) is 71.8 Å². The molecule has 4 aromatic heterocycles. The van der Waals surface area contributed by atoms with Crippen LogP contribution in [0.4, 0.5) is 15.8 Å². The van der Waals surface area contributed by atoms with Gasteiger partial charge in [0, 0.05) is 74.1 Å². The van der Waals surface area contributed by atoms with E-state index in [-0.39, 0.29) is 18.3 Å². The molecular weight excluding hydrogens is 513 g/mol. The maximum atomic E-state index is 14.7. The monoisotopic (exact) mass is 543 g/mol. The molecule has 5 heterocycles. The zero-order chi connectivity index (χ0) is 28.0. The average molecular weight is 544 g/mol. The smallest absolute Gasteiger partial charge is 0.317 e. The van der Waals surface area contributed by atoms with E-state index in [1.54, 1.807) is 40.7 Å². The molecule has 1 aliphatic rings. The van der Waals surface area contributed by atoms with Gasteiger partial charge in [-0.2, -0.15) is 10.1 Å². The van der Waals surface area contributed by atoms with Crippen LogP contribution < -0.4 is 20.3 Å². The van der Waals surface area contributed by atoms with Crippen molar-refractivity contribution in [1.82, 2.24) is 34.4 Å². The Hall–Kier alpha value is -4.58. The number of nitrogens with one attached hydrogen (secondary N) is 2. The molecule has 6 rings (SSSR count). The van der Waals surface area contributed by atoms with Crippen molar-refractivity contribution in [2.24, 2.45) is 7.05 Å². The molecule has 0 bridgehead atoms. The van der Waals surface area contributed by atoms with Crippen LogP contribution in [0.1, 0.15) is 35.6 Å². The highest BCUT2D eigenvalue weighted by atomic mass is 19.1. The molecule has 1 fully saturated rings. The van der Waals surface area contributed by atoms with Crippen molar-refractivity contribution in [3.8, 4) is 6.01 Å². The number of fused-ring (bicyclic) bond motifs is 2. The summed E-state index contributed by atoms with van der Waals surface area (Å²) >= 11 is 0. The van der Waals surface area contributed by atoms with Gasteiger partial charge in [-0.15, -0.1) is 0 Å². The van der Waals surface area contributed by atoms with Crippen molar-refractivity contribution in [3.63, 3.8) is 0 Å². The largest absolute Gasteiger partial charge is 0.457 e. The molecule has 206 valence electrons. The summed E-state index contributed by atoms with van der Waals surface area (Å²) in [6, 6.07) is 7.49. The minimum atomic E-state index is -0.527. The fourth-order valence-electron chi connectivity index (χ4n) is 5.27. The van der Waals surface area contributed by atoms with Gasteiger partial charge >= 0.3 is 6.01 Å². The third-order valence-electron chi connectivity index (χ3n) is 6.85. The van der Waals surface area contributed by atoms with Gasteiger partial charge < -0.3 is 24.7 Å². The SMILES string of the molecule is Cc1cn2cc(NC(=O)c3ccc(N4C[C@@H](C)N[C@@H](C)C4)c4cnc(OCc5ccn(C)n5)nc34)cc(F)c2n1. The van der Waals surface area contributed by atoms with Crippen LogP contribution in [0.25, 0.3) is 16.6 Å². The summed E-state index contributed by atoms with van der Waals surface area (Å²) in [6.45, 7) is 7.85. The number of nitrogens with zero attached hydrogens (tertiary/aromatic N) is 7. The number of hydrogen-bond acceptors (Lipinski definition) is 8. The number of piperazine rings is 1. The zero-order valence-corrected chi connectivity index (χ0v) is 22.7. The number of imidazole rings is 1. The number of hydrogen-bond donors (Lipinski definition) is 2. The summed E-state index contributed by atoms with van der Waals surface area (Å²) in [5, 5.41) is 11.4. The van der Waals surface area contributed by atoms with Gasteiger partial charge in [-0.1, -0.05) is 0 Å². The lowest BCUT2D eigenvalue weighted by molar-refractivity contribution is 0.102. The number of ether oxygens (including phenoxy) is 1. The molecule has 5 aromatic rings. The van der Waals surface area contributed by atoms with Crippen LogP contribution in [0.5, 0.6) is 6.01 Å². The first-order valence-corrected chi connectivity index (χ1v) is 13.1. The Morgan fingerprint density at radius 1 is 1.18 bits per heavy atom. The summed E-state index contributed by atoms with van der Waals surface area (Å²) in [6.07, 6.45) is 6.86. The van der Waals surface area contributed by atoms with Gasteiger partial charge in [0.1, 0.15) is 6.61 Å². The third-order valence-corrected chi connectivity index (χ3v) is 6.85. The predicted molar refractivity (Wildman–Crippen MR) is 149 cm³/mol. The Bertz CT molecular complexity index is 1720. The predicted octanol–water partition coefficient (Wildman–Crippen LogP) is 3.48. The van der Waals surface area contributed by atoms with Gasteiger partial charge in [0.25, 0.3) is 5.91 Å². The minimum absolute atomic E-state index is 0.132. The molecule has 0 unspecified atom stereocenters. The molecule has 12 heteroatoms. The Morgan fingerprint density at radius 3 is 2.73 bits per heavy atom. The number of amides is 1. The quantitative estimate of drug-likeness (QED) is 0.335. The van der Waals surface area contributed by atoms with E-state index in [4.69, 9.17) is 4.74 Å². The first-order chi connectivity index (χ1) is 19.2. The molecule has 1 aromatic carbocycles. The maximum absolute atomic E-state index is 14.7. The molecule has 0 saturated carbocycles. The fourth-order valence-corrected chi connectivity index (χ4v) is 5.27. The summed E-state index contributed by atoms with van der Waals surface area (Å²) in [5.74, 6) is -0.954. The molecule has 2 N–H and O–H groups in total. The number of pyridine rings is 1. The van der Waals surface area contributed by atoms with Crippen LogP contribution >= 0.6 is 0 Å². The highest BCUT2D eigenvalue weighted by Gasteiger charge is 2.25. The second-order valence-corrected chi connectivity index (χ2v) is 10.3. The van der Waals surface area contributed by atoms with Crippen LogP contribution in [0.15, 0.2) is 49.1 Å². The number of aromatic nitrogens is 6. The lowest BCUT2D eigenvalue weighted by Gasteiger charge is -2.38. The summed E-state index contributed by atoms with van der Waals surface area (Å²) in [5.41, 5.74) is 3.61. The number of benzene rings is 1. The Kier molecular flexibility index (Phi) is 6.54. The van der Waals surface area contributed by atoms with Gasteiger partial charge in [0.05, 0.1) is 28.2 Å². The van der Waals surface area contributed by atoms with Crippen molar-refractivity contribution in [1.29, 1.82) is 0 Å². The summed E-state index contributed by atoms with van der Waals surface area (Å²) in [4.78, 5) is 29.1. The molecule has 2 atom stereocenters. The van der Waals surface area contributed by atoms with Crippen LogP contribution in [0.3, 0.4) is 0 Å². The van der Waals surface area contributed by atoms with E-state index in [0.717, 1.165) is 29.9 Å². The first-order valence-electron chi connectivity index (χ1n) is 13.1. The van der Waals surface area contributed by atoms with Gasteiger partial charge in [-0.3, -0.25) is 9.48 Å². The van der Waals surface area contributed by atoms with Crippen molar-refractivity contribution in [2.75, 3.05) is 23.3 Å². The number of aryl methyl sites for hydroxylation is 2. The van der Waals surface area contributed by atoms with E-state index in [9.17, 15) is 9.18 Å². The van der Waals surface area contributed by atoms with E-state index < -0.39 is 11.7 Å². The summed E-state index contributed by atoms with van der Waals surface area (Å²) in [7, 11) is 1.83. The molecule has 0 spiro atoms. The molecule has 11 nitrogen and oxygen atoms in total. The Labute approximate surface area is 230 Å². The van der Waals surface area contributed by atoms with Crippen LogP contribution in [0, 0.1) is 12.7 Å². The maximum Gasteiger partial charge on any atom is 0.317 e. The lowest BCUT2D eigenvalue weighted by atomic mass is 10.0. The standard InChI is InChI=1S/C28H30FN9O2/c1-16-11-37(12-17(2)31-16)24-6-5-21(27(39)33-20-9-23(29)26-32-18(3)13-38(26)14-20)25-22(24)10-30-28(34-25)40-15-19-7-8-36(4)35-19/h5-10,13-14,16-17,31H,11-12,15H2,1-4H3,(H,33,39)/t16-,17+. The molecule has 0 aliphatic carbocycles. The Morgan fingerprint density at radius 2 is 1.98 bits per heavy atom. The van der Waals surface area contributed by atoms with E-state index in [1.165, 1.54) is 6.07 Å². The normalized spacial score (nSPS) is 17.5. The summed E-state index contributed by atoms with van der Waals surface area (Å²) < 4.78 is 23.8. The molecule has 1 aliphatic heterocycles. The van der Waals surface area contributed by atoms with Crippen LogP contribution in [0.2, 0.25) is 0 Å². The number of anilines is 2. The van der Waals surface area contributed by atoms with Gasteiger partial charge in [-0.25, -0.2) is 14.4 Å². The molecular formula is C28H30FN9O2. The zero-order valence-electron chi connectivity index (χ0n) is 22.7. The van der Waals surface area contributed by atoms with Crippen molar-refractivity contribution < 1.29 is 13.9 Å². The molecule has 1 amide bonds. The highest BCUT2D eigenvalue weighted by Crippen LogP contribution is 2.31. The second kappa shape index (κ2) is 10.2. The number of carbonyl (C=O) groups excluding carboxylic acids is 1. The van der Waals surface area contributed by atoms with E-state index in [1.807, 2.05) is 25.4 Å². The van der Waals surface area contributed by atoms with E-state index in [0.29, 0.717) is 34.5 Å². The Balaban J connectivity index is 1.37. The van der Waals surface area contributed by atoms with Gasteiger partial charge in [-0.05, 0) is 39.0 Å². The highest BCUT2D eigenvalue weighted by molar-refractivity contribution is 6.13. The molecule has 0 radical (unpaired) electrons. The van der Waals surface area contributed by atoms with Crippen molar-refractivity contribution in [2.45, 2.75) is 39.5 Å². The van der Waals surface area contributed by atoms with E-state index in [2.05, 4.69) is 49.4 Å².